The number of H-pyrrole nitrogens is 1. The second kappa shape index (κ2) is 13.8. The molecule has 1 aliphatic heterocycles. The molecule has 11 heteroatoms. The highest BCUT2D eigenvalue weighted by Crippen LogP contribution is 2.33. The third-order valence-corrected chi connectivity index (χ3v) is 7.85. The predicted octanol–water partition coefficient (Wildman–Crippen LogP) is 2.85. The number of rotatable bonds is 10. The van der Waals surface area contributed by atoms with Crippen LogP contribution in [-0.4, -0.2) is 101 Å². The fraction of sp³-hybridized carbons (Fsp3) is 0.303. The number of aromatic nitrogens is 1. The minimum atomic E-state index is -1.05. The summed E-state index contributed by atoms with van der Waals surface area (Å²) in [6, 6.07) is 20.0. The Morgan fingerprint density at radius 1 is 1.05 bits per heavy atom. The molecule has 1 fully saturated rings. The van der Waals surface area contributed by atoms with Crippen LogP contribution in [0.4, 0.5) is 5.69 Å². The standard InChI is InChI=1S/C33H37N5O6/c1-21-18-26-27(19-25(21)33(43)44-2)36-32(42)29(26)30(22-6-4-3-5-7-22)35-24-10-8-23(9-11-24)31(41)34-20-28(40)38-14-12-37(13-15-38)16-17-39/h3-11,18-19,31,34,36,39,41-42H,12-17,20H2,1-2H3. The van der Waals surface area contributed by atoms with E-state index in [-0.39, 0.29) is 24.9 Å². The number of methoxy groups -OCH3 is 1. The van der Waals surface area contributed by atoms with Crippen molar-refractivity contribution in [3.05, 3.63) is 94.5 Å². The fourth-order valence-corrected chi connectivity index (χ4v) is 5.40. The number of nitrogens with one attached hydrogen (secondary N) is 2. The van der Waals surface area contributed by atoms with Crippen LogP contribution in [0.25, 0.3) is 10.9 Å². The number of carbonyl (C=O) groups excluding carboxylic acids is 2. The molecule has 0 aliphatic carbocycles. The lowest BCUT2D eigenvalue weighted by Crippen LogP contribution is -2.51. The summed E-state index contributed by atoms with van der Waals surface area (Å²) >= 11 is 0. The number of β-amino-alcohol motifs (C(OH)–C–C–N with tert-alkyl or cyclic N) is 1. The van der Waals surface area contributed by atoms with E-state index in [1.165, 1.54) is 7.11 Å². The average molecular weight is 600 g/mol. The number of fused-ring (bicyclic) bond motifs is 1. The molecular weight excluding hydrogens is 562 g/mol. The Bertz CT molecular complexity index is 1640. The average Bonchev–Trinajstić information content (AvgIpc) is 3.36. The van der Waals surface area contributed by atoms with Gasteiger partial charge in [-0.1, -0.05) is 42.5 Å². The number of carbonyl (C=O) groups is 2. The van der Waals surface area contributed by atoms with Crippen LogP contribution in [0.2, 0.25) is 0 Å². The van der Waals surface area contributed by atoms with Crippen molar-refractivity contribution in [2.45, 2.75) is 13.2 Å². The molecule has 0 bridgehead atoms. The van der Waals surface area contributed by atoms with Crippen LogP contribution in [-0.2, 0) is 9.53 Å². The molecule has 0 radical (unpaired) electrons. The third-order valence-electron chi connectivity index (χ3n) is 7.85. The van der Waals surface area contributed by atoms with Crippen molar-refractivity contribution in [1.29, 1.82) is 0 Å². The number of aliphatic imine (C=N–C) groups is 1. The number of amides is 1. The van der Waals surface area contributed by atoms with Crippen molar-refractivity contribution < 1.29 is 29.6 Å². The largest absolute Gasteiger partial charge is 0.494 e. The Balaban J connectivity index is 1.36. The minimum absolute atomic E-state index is 0.00379. The van der Waals surface area contributed by atoms with Gasteiger partial charge in [0, 0.05) is 49.2 Å². The number of ether oxygens (including phenoxy) is 1. The molecule has 1 amide bonds. The first kappa shape index (κ1) is 30.9. The van der Waals surface area contributed by atoms with Gasteiger partial charge in [0.15, 0.2) is 5.88 Å². The molecule has 5 rings (SSSR count). The van der Waals surface area contributed by atoms with E-state index in [0.29, 0.717) is 77.3 Å². The van der Waals surface area contributed by atoms with Gasteiger partial charge in [0.25, 0.3) is 0 Å². The molecule has 0 spiro atoms. The molecular formula is C33H37N5O6. The van der Waals surface area contributed by atoms with Crippen molar-refractivity contribution in [1.82, 2.24) is 20.1 Å². The number of hydrogen-bond donors (Lipinski definition) is 5. The molecule has 1 aliphatic rings. The monoisotopic (exact) mass is 599 g/mol. The summed E-state index contributed by atoms with van der Waals surface area (Å²) in [6.45, 7) is 5.12. The Morgan fingerprint density at radius 2 is 1.75 bits per heavy atom. The summed E-state index contributed by atoms with van der Waals surface area (Å²) in [4.78, 5) is 36.6. The van der Waals surface area contributed by atoms with E-state index < -0.39 is 12.2 Å². The van der Waals surface area contributed by atoms with Crippen LogP contribution in [0.3, 0.4) is 0 Å². The highest BCUT2D eigenvalue weighted by molar-refractivity contribution is 6.22. The van der Waals surface area contributed by atoms with Crippen LogP contribution in [0.15, 0.2) is 71.7 Å². The van der Waals surface area contributed by atoms with Gasteiger partial charge in [0.2, 0.25) is 5.91 Å². The molecule has 0 saturated carbocycles. The second-order valence-electron chi connectivity index (χ2n) is 10.7. The van der Waals surface area contributed by atoms with Gasteiger partial charge >= 0.3 is 5.97 Å². The maximum absolute atomic E-state index is 12.7. The molecule has 4 aromatic rings. The Hall–Kier alpha value is -4.55. The van der Waals surface area contributed by atoms with Crippen LogP contribution < -0.4 is 5.32 Å². The molecule has 1 saturated heterocycles. The van der Waals surface area contributed by atoms with Crippen LogP contribution in [0.1, 0.15) is 38.8 Å². The van der Waals surface area contributed by atoms with Crippen LogP contribution in [0, 0.1) is 6.92 Å². The molecule has 1 aromatic heterocycles. The van der Waals surface area contributed by atoms with E-state index in [9.17, 15) is 19.8 Å². The zero-order chi connectivity index (χ0) is 31.2. The SMILES string of the molecule is COC(=O)c1cc2[nH]c(O)c(C(=Nc3ccc(C(O)NCC(=O)N4CCN(CCO)CC4)cc3)c3ccccc3)c2cc1C. The van der Waals surface area contributed by atoms with Crippen LogP contribution in [0.5, 0.6) is 5.88 Å². The number of benzene rings is 3. The van der Waals surface area contributed by atoms with E-state index in [4.69, 9.17) is 14.8 Å². The number of nitrogens with zero attached hydrogens (tertiary/aromatic N) is 3. The normalized spacial score (nSPS) is 15.0. The summed E-state index contributed by atoms with van der Waals surface area (Å²) in [5, 5.41) is 34.4. The topological polar surface area (TPSA) is 151 Å². The van der Waals surface area contributed by atoms with E-state index in [1.54, 1.807) is 35.2 Å². The Labute approximate surface area is 255 Å². The molecule has 3 aromatic carbocycles. The second-order valence-corrected chi connectivity index (χ2v) is 10.7. The maximum atomic E-state index is 12.7. The number of aromatic hydroxyl groups is 1. The number of esters is 1. The van der Waals surface area contributed by atoms with E-state index in [0.717, 1.165) is 5.56 Å². The van der Waals surface area contributed by atoms with E-state index >= 15 is 0 Å². The molecule has 11 nitrogen and oxygen atoms in total. The Morgan fingerprint density at radius 3 is 2.41 bits per heavy atom. The van der Waals surface area contributed by atoms with Crippen molar-refractivity contribution >= 4 is 34.2 Å². The molecule has 44 heavy (non-hydrogen) atoms. The molecule has 230 valence electrons. The van der Waals surface area contributed by atoms with Gasteiger partial charge in [-0.05, 0) is 42.3 Å². The molecule has 1 atom stereocenters. The summed E-state index contributed by atoms with van der Waals surface area (Å²) in [5.74, 6) is -0.635. The molecule has 5 N–H and O–H groups in total. The van der Waals surface area contributed by atoms with Crippen molar-refractivity contribution in [2.24, 2.45) is 4.99 Å². The highest BCUT2D eigenvalue weighted by Gasteiger charge is 2.23. The number of aromatic amines is 1. The number of aliphatic hydroxyl groups excluding tert-OH is 2. The lowest BCUT2D eigenvalue weighted by Gasteiger charge is -2.34. The third kappa shape index (κ3) is 6.81. The highest BCUT2D eigenvalue weighted by atomic mass is 16.5. The van der Waals surface area contributed by atoms with Gasteiger partial charge in [-0.15, -0.1) is 0 Å². The first-order valence-corrected chi connectivity index (χ1v) is 14.5. The fourth-order valence-electron chi connectivity index (χ4n) is 5.40. The van der Waals surface area contributed by atoms with E-state index in [2.05, 4.69) is 15.2 Å². The zero-order valence-electron chi connectivity index (χ0n) is 24.8. The Kier molecular flexibility index (Phi) is 9.71. The van der Waals surface area contributed by atoms with Gasteiger partial charge in [0.1, 0.15) is 6.23 Å². The van der Waals surface area contributed by atoms with Gasteiger partial charge in [-0.25, -0.2) is 9.79 Å². The predicted molar refractivity (Wildman–Crippen MR) is 167 cm³/mol. The van der Waals surface area contributed by atoms with Crippen molar-refractivity contribution in [2.75, 3.05) is 53.0 Å². The van der Waals surface area contributed by atoms with Crippen molar-refractivity contribution in [3.63, 3.8) is 0 Å². The summed E-state index contributed by atoms with van der Waals surface area (Å²) in [7, 11) is 1.33. The summed E-state index contributed by atoms with van der Waals surface area (Å²) in [6.07, 6.45) is -1.05. The van der Waals surface area contributed by atoms with Gasteiger partial charge in [-0.3, -0.25) is 15.0 Å². The number of piperazine rings is 1. The summed E-state index contributed by atoms with van der Waals surface area (Å²) < 4.78 is 4.90. The lowest BCUT2D eigenvalue weighted by atomic mass is 9.98. The van der Waals surface area contributed by atoms with Gasteiger partial charge < -0.3 is 29.9 Å². The molecule has 2 heterocycles. The lowest BCUT2D eigenvalue weighted by molar-refractivity contribution is -0.132. The quantitative estimate of drug-likeness (QED) is 0.106. The number of hydrogen-bond acceptors (Lipinski definition) is 9. The molecule has 1 unspecified atom stereocenters. The van der Waals surface area contributed by atoms with Crippen LogP contribution >= 0.6 is 0 Å². The maximum Gasteiger partial charge on any atom is 0.338 e. The zero-order valence-corrected chi connectivity index (χ0v) is 24.8. The van der Waals surface area contributed by atoms with E-state index in [1.807, 2.05) is 43.3 Å². The van der Waals surface area contributed by atoms with Gasteiger partial charge in [-0.2, -0.15) is 0 Å². The first-order valence-electron chi connectivity index (χ1n) is 14.5. The number of aryl methyl sites for hydroxylation is 1. The van der Waals surface area contributed by atoms with Gasteiger partial charge in [0.05, 0.1) is 42.8 Å². The minimum Gasteiger partial charge on any atom is -0.494 e. The first-order chi connectivity index (χ1) is 21.3. The van der Waals surface area contributed by atoms with Crippen molar-refractivity contribution in [3.8, 4) is 5.88 Å². The smallest absolute Gasteiger partial charge is 0.338 e. The number of aliphatic hydroxyl groups is 2. The summed E-state index contributed by atoms with van der Waals surface area (Å²) in [5.41, 5.74) is 4.63.